The van der Waals surface area contributed by atoms with Crippen molar-refractivity contribution in [1.82, 2.24) is 9.78 Å². The zero-order valence-corrected chi connectivity index (χ0v) is 17.0. The highest BCUT2D eigenvalue weighted by Gasteiger charge is 2.30. The minimum absolute atomic E-state index is 0.0225. The monoisotopic (exact) mass is 418 g/mol. The van der Waals surface area contributed by atoms with Gasteiger partial charge in [-0.15, -0.1) is 0 Å². The number of rotatable bonds is 7. The minimum Gasteiger partial charge on any atom is -0.462 e. The first kappa shape index (κ1) is 20.3. The maximum absolute atomic E-state index is 12.8. The molecule has 0 bridgehead atoms. The van der Waals surface area contributed by atoms with Crippen LogP contribution in [0.2, 0.25) is 0 Å². The predicted octanol–water partition coefficient (Wildman–Crippen LogP) is 3.65. The van der Waals surface area contributed by atoms with E-state index in [1.807, 2.05) is 30.3 Å². The van der Waals surface area contributed by atoms with Crippen LogP contribution in [0, 0.1) is 5.92 Å². The molecule has 1 saturated carbocycles. The summed E-state index contributed by atoms with van der Waals surface area (Å²) in [4.78, 5) is 36.8. The van der Waals surface area contributed by atoms with Gasteiger partial charge in [0.15, 0.2) is 5.69 Å². The van der Waals surface area contributed by atoms with E-state index in [0.717, 1.165) is 18.5 Å². The molecule has 1 aliphatic carbocycles. The normalized spacial score (nSPS) is 12.8. The molecular weight excluding hydrogens is 396 g/mol. The molecule has 1 aliphatic rings. The Bertz CT molecular complexity index is 1100. The van der Waals surface area contributed by atoms with E-state index in [-0.39, 0.29) is 17.5 Å². The maximum Gasteiger partial charge on any atom is 0.338 e. The Labute approximate surface area is 179 Å². The second kappa shape index (κ2) is 8.83. The third kappa shape index (κ3) is 4.80. The highest BCUT2D eigenvalue weighted by molar-refractivity contribution is 6.04. The van der Waals surface area contributed by atoms with Gasteiger partial charge in [0.25, 0.3) is 5.91 Å². The molecule has 0 aliphatic heterocycles. The van der Waals surface area contributed by atoms with Crippen LogP contribution in [-0.2, 0) is 9.53 Å². The number of amides is 2. The topological polar surface area (TPSA) is 102 Å². The smallest absolute Gasteiger partial charge is 0.338 e. The van der Waals surface area contributed by atoms with E-state index in [2.05, 4.69) is 15.7 Å². The average molecular weight is 418 g/mol. The number of carbonyl (C=O) groups is 3. The van der Waals surface area contributed by atoms with Crippen molar-refractivity contribution in [2.45, 2.75) is 19.8 Å². The lowest BCUT2D eigenvalue weighted by atomic mass is 10.2. The van der Waals surface area contributed by atoms with Crippen molar-refractivity contribution in [3.8, 4) is 5.69 Å². The number of anilines is 2. The molecule has 2 aromatic carbocycles. The molecular formula is C23H22N4O4. The van der Waals surface area contributed by atoms with E-state index < -0.39 is 11.9 Å². The molecule has 1 fully saturated rings. The lowest BCUT2D eigenvalue weighted by Gasteiger charge is -2.08. The Morgan fingerprint density at radius 3 is 2.39 bits per heavy atom. The molecule has 4 rings (SSSR count). The summed E-state index contributed by atoms with van der Waals surface area (Å²) in [6, 6.07) is 17.2. The van der Waals surface area contributed by atoms with Crippen molar-refractivity contribution in [2.75, 3.05) is 17.2 Å². The zero-order chi connectivity index (χ0) is 21.8. The molecule has 0 spiro atoms. The van der Waals surface area contributed by atoms with E-state index in [1.54, 1.807) is 41.9 Å². The predicted molar refractivity (Wildman–Crippen MR) is 115 cm³/mol. The number of carbonyl (C=O) groups excluding carboxylic acids is 3. The van der Waals surface area contributed by atoms with Gasteiger partial charge in [0.1, 0.15) is 5.82 Å². The van der Waals surface area contributed by atoms with Crippen LogP contribution in [0.4, 0.5) is 11.5 Å². The van der Waals surface area contributed by atoms with Crippen molar-refractivity contribution in [2.24, 2.45) is 5.92 Å². The molecule has 158 valence electrons. The number of para-hydroxylation sites is 1. The van der Waals surface area contributed by atoms with E-state index in [4.69, 9.17) is 4.74 Å². The van der Waals surface area contributed by atoms with Gasteiger partial charge in [0, 0.05) is 17.7 Å². The number of benzene rings is 2. The van der Waals surface area contributed by atoms with Crippen LogP contribution in [0.1, 0.15) is 40.6 Å². The van der Waals surface area contributed by atoms with E-state index >= 15 is 0 Å². The fourth-order valence-electron chi connectivity index (χ4n) is 3.02. The minimum atomic E-state index is -0.430. The third-order valence-corrected chi connectivity index (χ3v) is 4.80. The summed E-state index contributed by atoms with van der Waals surface area (Å²) < 4.78 is 6.50. The fraction of sp³-hybridized carbons (Fsp3) is 0.217. The fourth-order valence-corrected chi connectivity index (χ4v) is 3.02. The summed E-state index contributed by atoms with van der Waals surface area (Å²) in [6.07, 6.45) is 1.75. The van der Waals surface area contributed by atoms with Crippen LogP contribution >= 0.6 is 0 Å². The highest BCUT2D eigenvalue weighted by atomic mass is 16.5. The Kier molecular flexibility index (Phi) is 5.79. The zero-order valence-electron chi connectivity index (χ0n) is 17.0. The Hall–Kier alpha value is -3.94. The molecule has 2 N–H and O–H groups in total. The molecule has 31 heavy (non-hydrogen) atoms. The molecule has 1 heterocycles. The highest BCUT2D eigenvalue weighted by Crippen LogP contribution is 2.30. The maximum atomic E-state index is 12.8. The van der Waals surface area contributed by atoms with E-state index in [0.29, 0.717) is 23.7 Å². The lowest BCUT2D eigenvalue weighted by Crippen LogP contribution is -2.16. The second-order valence-corrected chi connectivity index (χ2v) is 7.18. The van der Waals surface area contributed by atoms with Gasteiger partial charge in [0.2, 0.25) is 5.91 Å². The van der Waals surface area contributed by atoms with Crippen LogP contribution in [0.3, 0.4) is 0 Å². The summed E-state index contributed by atoms with van der Waals surface area (Å²) in [7, 11) is 0. The van der Waals surface area contributed by atoms with Crippen LogP contribution in [0.15, 0.2) is 60.7 Å². The molecule has 1 aromatic heterocycles. The molecule has 0 saturated heterocycles. The van der Waals surface area contributed by atoms with Crippen LogP contribution < -0.4 is 10.6 Å². The first-order valence-corrected chi connectivity index (χ1v) is 10.1. The summed E-state index contributed by atoms with van der Waals surface area (Å²) in [5, 5.41) is 10.0. The Balaban J connectivity index is 1.54. The molecule has 8 nitrogen and oxygen atoms in total. The van der Waals surface area contributed by atoms with Crippen LogP contribution in [-0.4, -0.2) is 34.2 Å². The Morgan fingerprint density at radius 2 is 1.74 bits per heavy atom. The number of hydrogen-bond donors (Lipinski definition) is 2. The van der Waals surface area contributed by atoms with Gasteiger partial charge in [-0.2, -0.15) is 5.10 Å². The summed E-state index contributed by atoms with van der Waals surface area (Å²) in [5.41, 5.74) is 1.80. The average Bonchev–Trinajstić information content (AvgIpc) is 3.55. The number of aromatic nitrogens is 2. The van der Waals surface area contributed by atoms with Crippen molar-refractivity contribution in [3.05, 3.63) is 71.9 Å². The van der Waals surface area contributed by atoms with Crippen LogP contribution in [0.5, 0.6) is 0 Å². The summed E-state index contributed by atoms with van der Waals surface area (Å²) in [5.74, 6) is -0.461. The van der Waals surface area contributed by atoms with E-state index in [1.165, 1.54) is 0 Å². The molecule has 8 heteroatoms. The van der Waals surface area contributed by atoms with Gasteiger partial charge >= 0.3 is 5.97 Å². The van der Waals surface area contributed by atoms with Gasteiger partial charge in [-0.25, -0.2) is 9.48 Å². The second-order valence-electron chi connectivity index (χ2n) is 7.18. The van der Waals surface area contributed by atoms with Gasteiger partial charge in [0.05, 0.1) is 17.9 Å². The van der Waals surface area contributed by atoms with Gasteiger partial charge in [-0.05, 0) is 56.2 Å². The number of ether oxygens (including phenoxy) is 1. The molecule has 3 aromatic rings. The standard InChI is InChI=1S/C23H22N4O4/c1-2-31-23(30)16-10-12-17(13-11-16)24-22(29)19-14-20(25-21(28)15-8-9-15)27(26-19)18-6-4-3-5-7-18/h3-7,10-15H,2,8-9H2,1H3,(H,24,29)(H,25,28). The molecule has 0 radical (unpaired) electrons. The first-order valence-electron chi connectivity index (χ1n) is 10.1. The molecule has 2 amide bonds. The van der Waals surface area contributed by atoms with Crippen LogP contribution in [0.25, 0.3) is 5.69 Å². The number of esters is 1. The quantitative estimate of drug-likeness (QED) is 0.570. The Morgan fingerprint density at radius 1 is 1.03 bits per heavy atom. The largest absolute Gasteiger partial charge is 0.462 e. The SMILES string of the molecule is CCOC(=O)c1ccc(NC(=O)c2cc(NC(=O)C3CC3)n(-c3ccccc3)n2)cc1. The van der Waals surface area contributed by atoms with Gasteiger partial charge in [-0.1, -0.05) is 18.2 Å². The van der Waals surface area contributed by atoms with Gasteiger partial charge < -0.3 is 15.4 Å². The molecule has 0 atom stereocenters. The van der Waals surface area contributed by atoms with Crippen molar-refractivity contribution in [1.29, 1.82) is 0 Å². The summed E-state index contributed by atoms with van der Waals surface area (Å²) >= 11 is 0. The van der Waals surface area contributed by atoms with Crippen molar-refractivity contribution in [3.63, 3.8) is 0 Å². The number of hydrogen-bond acceptors (Lipinski definition) is 5. The van der Waals surface area contributed by atoms with Gasteiger partial charge in [-0.3, -0.25) is 9.59 Å². The molecule has 0 unspecified atom stereocenters. The first-order chi connectivity index (χ1) is 15.0. The van der Waals surface area contributed by atoms with Crippen molar-refractivity contribution < 1.29 is 19.1 Å². The third-order valence-electron chi connectivity index (χ3n) is 4.80. The number of nitrogens with one attached hydrogen (secondary N) is 2. The lowest BCUT2D eigenvalue weighted by molar-refractivity contribution is -0.117. The van der Waals surface area contributed by atoms with E-state index in [9.17, 15) is 14.4 Å². The number of nitrogens with zero attached hydrogens (tertiary/aromatic N) is 2. The summed E-state index contributed by atoms with van der Waals surface area (Å²) in [6.45, 7) is 2.03. The van der Waals surface area contributed by atoms with Crippen molar-refractivity contribution >= 4 is 29.3 Å².